The van der Waals surface area contributed by atoms with Gasteiger partial charge in [-0.05, 0) is 29.8 Å². The van der Waals surface area contributed by atoms with E-state index < -0.39 is 0 Å². The van der Waals surface area contributed by atoms with Crippen molar-refractivity contribution in [2.75, 3.05) is 31.1 Å². The number of hydrogen-bond donors (Lipinski definition) is 0. The molecule has 4 heteroatoms. The van der Waals surface area contributed by atoms with Gasteiger partial charge in [0.1, 0.15) is 0 Å². The van der Waals surface area contributed by atoms with Gasteiger partial charge in [0.2, 0.25) is 0 Å². The van der Waals surface area contributed by atoms with Crippen LogP contribution in [0.1, 0.15) is 15.9 Å². The molecule has 1 amide bonds. The van der Waals surface area contributed by atoms with Crippen molar-refractivity contribution in [2.24, 2.45) is 0 Å². The Kier molecular flexibility index (Phi) is 5.98. The van der Waals surface area contributed by atoms with E-state index in [4.69, 9.17) is 0 Å². The number of hydrogen-bond acceptors (Lipinski definition) is 3. The largest absolute Gasteiger partial charge is 0.368 e. The van der Waals surface area contributed by atoms with Crippen molar-refractivity contribution in [1.82, 2.24) is 4.90 Å². The summed E-state index contributed by atoms with van der Waals surface area (Å²) in [4.78, 5) is 18.6. The first-order valence-corrected chi connectivity index (χ1v) is 10.6. The summed E-state index contributed by atoms with van der Waals surface area (Å²) in [6.45, 7) is 3.25. The Bertz CT molecular complexity index is 906. The number of piperazine rings is 1. The Morgan fingerprint density at radius 1 is 0.750 bits per heavy atom. The zero-order valence-electron chi connectivity index (χ0n) is 15.8. The van der Waals surface area contributed by atoms with Crippen molar-refractivity contribution in [3.05, 3.63) is 96.1 Å². The molecule has 3 aromatic rings. The van der Waals surface area contributed by atoms with Gasteiger partial charge in [-0.2, -0.15) is 0 Å². The maximum Gasteiger partial charge on any atom is 0.255 e. The molecule has 3 nitrogen and oxygen atoms in total. The summed E-state index contributed by atoms with van der Waals surface area (Å²) in [5.41, 5.74) is 3.32. The van der Waals surface area contributed by atoms with E-state index in [-0.39, 0.29) is 5.91 Å². The normalized spacial score (nSPS) is 14.1. The molecule has 0 saturated carbocycles. The fraction of sp³-hybridized carbons (Fsp3) is 0.208. The van der Waals surface area contributed by atoms with Crippen LogP contribution in [0.3, 0.4) is 0 Å². The first kappa shape index (κ1) is 18.6. The third-order valence-corrected chi connectivity index (χ3v) is 6.19. The Labute approximate surface area is 171 Å². The second-order valence-corrected chi connectivity index (χ2v) is 7.90. The number of carbonyl (C=O) groups is 1. The first-order valence-electron chi connectivity index (χ1n) is 9.66. The van der Waals surface area contributed by atoms with E-state index in [9.17, 15) is 4.79 Å². The molecular weight excluding hydrogens is 364 g/mol. The van der Waals surface area contributed by atoms with Crippen LogP contribution in [0.25, 0.3) is 0 Å². The molecule has 28 heavy (non-hydrogen) atoms. The second kappa shape index (κ2) is 8.98. The van der Waals surface area contributed by atoms with E-state index in [1.807, 2.05) is 35.2 Å². The number of thioether (sulfide) groups is 1. The number of carbonyl (C=O) groups excluding carboxylic acids is 1. The Morgan fingerprint density at radius 3 is 2.07 bits per heavy atom. The van der Waals surface area contributed by atoms with E-state index in [0.717, 1.165) is 42.4 Å². The van der Waals surface area contributed by atoms with Gasteiger partial charge in [-0.1, -0.05) is 60.7 Å². The fourth-order valence-electron chi connectivity index (χ4n) is 3.48. The number of amides is 1. The van der Waals surface area contributed by atoms with Gasteiger partial charge in [-0.3, -0.25) is 4.79 Å². The number of rotatable bonds is 5. The summed E-state index contributed by atoms with van der Waals surface area (Å²) in [6.07, 6.45) is 0. The molecule has 0 atom stereocenters. The Balaban J connectivity index is 1.41. The number of anilines is 1. The van der Waals surface area contributed by atoms with Crippen LogP contribution in [0.5, 0.6) is 0 Å². The first-order chi connectivity index (χ1) is 13.8. The molecule has 1 heterocycles. The maximum absolute atomic E-state index is 13.2. The van der Waals surface area contributed by atoms with E-state index in [1.165, 1.54) is 11.3 Å². The van der Waals surface area contributed by atoms with Gasteiger partial charge in [-0.25, -0.2) is 0 Å². The maximum atomic E-state index is 13.2. The van der Waals surface area contributed by atoms with Gasteiger partial charge in [0.25, 0.3) is 5.91 Å². The molecule has 0 N–H and O–H groups in total. The molecular formula is C24H24N2OS. The SMILES string of the molecule is O=C(c1ccccc1SCc1ccccc1)N1CCN(c2ccccc2)CC1. The number of nitrogens with zero attached hydrogens (tertiary/aromatic N) is 2. The smallest absolute Gasteiger partial charge is 0.255 e. The molecule has 3 aromatic carbocycles. The second-order valence-electron chi connectivity index (χ2n) is 6.89. The zero-order valence-corrected chi connectivity index (χ0v) is 16.6. The average molecular weight is 389 g/mol. The highest BCUT2D eigenvalue weighted by Crippen LogP contribution is 2.27. The molecule has 4 rings (SSSR count). The van der Waals surface area contributed by atoms with Crippen LogP contribution < -0.4 is 4.90 Å². The standard InChI is InChI=1S/C24H24N2OS/c27-24(26-17-15-25(16-18-26)21-11-5-2-6-12-21)22-13-7-8-14-23(22)28-19-20-9-3-1-4-10-20/h1-14H,15-19H2. The van der Waals surface area contributed by atoms with Crippen molar-refractivity contribution in [3.8, 4) is 0 Å². The molecule has 142 valence electrons. The molecule has 0 spiro atoms. The molecule has 0 aliphatic carbocycles. The van der Waals surface area contributed by atoms with Crippen LogP contribution in [0.4, 0.5) is 5.69 Å². The Morgan fingerprint density at radius 2 is 1.36 bits per heavy atom. The molecule has 0 aromatic heterocycles. The highest BCUT2D eigenvalue weighted by molar-refractivity contribution is 7.98. The highest BCUT2D eigenvalue weighted by atomic mass is 32.2. The zero-order chi connectivity index (χ0) is 19.2. The lowest BCUT2D eigenvalue weighted by molar-refractivity contribution is 0.0743. The monoisotopic (exact) mass is 388 g/mol. The van der Waals surface area contributed by atoms with Crippen molar-refractivity contribution >= 4 is 23.4 Å². The predicted molar refractivity (Wildman–Crippen MR) is 117 cm³/mol. The highest BCUT2D eigenvalue weighted by Gasteiger charge is 2.23. The van der Waals surface area contributed by atoms with Crippen LogP contribution >= 0.6 is 11.8 Å². The minimum Gasteiger partial charge on any atom is -0.368 e. The minimum atomic E-state index is 0.142. The quantitative estimate of drug-likeness (QED) is 0.578. The molecule has 1 aliphatic heterocycles. The average Bonchev–Trinajstić information content (AvgIpc) is 2.79. The minimum absolute atomic E-state index is 0.142. The summed E-state index contributed by atoms with van der Waals surface area (Å²) in [5.74, 6) is 1.01. The van der Waals surface area contributed by atoms with E-state index in [1.54, 1.807) is 11.8 Å². The fourth-order valence-corrected chi connectivity index (χ4v) is 4.48. The summed E-state index contributed by atoms with van der Waals surface area (Å²) in [6, 6.07) is 28.8. The van der Waals surface area contributed by atoms with Crippen LogP contribution in [-0.4, -0.2) is 37.0 Å². The van der Waals surface area contributed by atoms with Crippen LogP contribution in [-0.2, 0) is 5.75 Å². The van der Waals surface area contributed by atoms with Gasteiger partial charge in [0, 0.05) is 42.5 Å². The van der Waals surface area contributed by atoms with E-state index in [2.05, 4.69) is 59.5 Å². The van der Waals surface area contributed by atoms with Crippen LogP contribution in [0.2, 0.25) is 0 Å². The lowest BCUT2D eigenvalue weighted by Gasteiger charge is -2.36. The molecule has 0 unspecified atom stereocenters. The van der Waals surface area contributed by atoms with Crippen LogP contribution in [0, 0.1) is 0 Å². The van der Waals surface area contributed by atoms with Crippen molar-refractivity contribution in [1.29, 1.82) is 0 Å². The lowest BCUT2D eigenvalue weighted by Crippen LogP contribution is -2.48. The molecule has 1 saturated heterocycles. The Hall–Kier alpha value is -2.72. The summed E-state index contributed by atoms with van der Waals surface area (Å²) in [5, 5.41) is 0. The van der Waals surface area contributed by atoms with Gasteiger partial charge >= 0.3 is 0 Å². The summed E-state index contributed by atoms with van der Waals surface area (Å²) < 4.78 is 0. The van der Waals surface area contributed by atoms with Crippen molar-refractivity contribution in [3.63, 3.8) is 0 Å². The van der Waals surface area contributed by atoms with Gasteiger partial charge in [-0.15, -0.1) is 11.8 Å². The molecule has 1 fully saturated rings. The van der Waals surface area contributed by atoms with E-state index >= 15 is 0 Å². The van der Waals surface area contributed by atoms with Gasteiger partial charge in [0.15, 0.2) is 0 Å². The third-order valence-electron chi connectivity index (χ3n) is 5.04. The topological polar surface area (TPSA) is 23.6 Å². The summed E-state index contributed by atoms with van der Waals surface area (Å²) in [7, 11) is 0. The molecule has 0 radical (unpaired) electrons. The number of para-hydroxylation sites is 1. The van der Waals surface area contributed by atoms with Crippen molar-refractivity contribution < 1.29 is 4.79 Å². The van der Waals surface area contributed by atoms with Crippen LogP contribution in [0.15, 0.2) is 89.8 Å². The van der Waals surface area contributed by atoms with Gasteiger partial charge < -0.3 is 9.80 Å². The van der Waals surface area contributed by atoms with Gasteiger partial charge in [0.05, 0.1) is 5.56 Å². The van der Waals surface area contributed by atoms with E-state index in [0.29, 0.717) is 0 Å². The van der Waals surface area contributed by atoms with Crippen molar-refractivity contribution in [2.45, 2.75) is 10.6 Å². The lowest BCUT2D eigenvalue weighted by atomic mass is 10.1. The molecule has 0 bridgehead atoms. The molecule has 1 aliphatic rings. The number of benzene rings is 3. The summed E-state index contributed by atoms with van der Waals surface area (Å²) >= 11 is 1.73. The predicted octanol–water partition coefficient (Wildman–Crippen LogP) is 4.94. The third kappa shape index (κ3) is 4.39.